The Kier molecular flexibility index (Phi) is 16.4. The number of rotatable bonds is 23. The fourth-order valence-electron chi connectivity index (χ4n) is 10.2. The number of amides is 1. The van der Waals surface area contributed by atoms with Gasteiger partial charge in [0.2, 0.25) is 12.6 Å². The minimum absolute atomic E-state index is 0.0117. The van der Waals surface area contributed by atoms with Gasteiger partial charge in [-0.1, -0.05) is 54.4 Å². The minimum atomic E-state index is -1.62. The number of nitrogens with zero attached hydrogens (tertiary/aromatic N) is 3. The van der Waals surface area contributed by atoms with Crippen LogP contribution in [0.25, 0.3) is 0 Å². The molecular weight excluding hydrogens is 913 g/mol. The molecule has 366 valence electrons. The number of benzene rings is 4. The molecule has 6 atom stereocenters. The molecule has 0 aromatic heterocycles. The second-order valence-electron chi connectivity index (χ2n) is 17.5. The molecule has 0 spiro atoms. The van der Waals surface area contributed by atoms with E-state index < -0.39 is 28.8 Å². The van der Waals surface area contributed by atoms with Crippen LogP contribution < -0.4 is 18.9 Å². The van der Waals surface area contributed by atoms with Crippen molar-refractivity contribution in [1.82, 2.24) is 4.90 Å². The number of nitro benzene ring substituents is 1. The molecule has 4 aromatic rings. The van der Waals surface area contributed by atoms with Crippen molar-refractivity contribution in [3.8, 4) is 23.0 Å². The van der Waals surface area contributed by atoms with E-state index in [0.717, 1.165) is 24.0 Å². The monoisotopic (exact) mass is 969 g/mol. The topological polar surface area (TPSA) is 181 Å². The van der Waals surface area contributed by atoms with E-state index >= 15 is 0 Å². The van der Waals surface area contributed by atoms with Crippen LogP contribution in [0, 0.1) is 33.7 Å². The van der Waals surface area contributed by atoms with Crippen LogP contribution in [-0.4, -0.2) is 82.8 Å². The number of carbonyl (C=O) groups excluding carboxylic acids is 1. The summed E-state index contributed by atoms with van der Waals surface area (Å²) in [5.41, 5.74) is 3.81. The first-order valence-electron chi connectivity index (χ1n) is 23.4. The quantitative estimate of drug-likeness (QED) is 0.0237. The molecule has 69 heavy (non-hydrogen) atoms. The van der Waals surface area contributed by atoms with Gasteiger partial charge in [0, 0.05) is 55.4 Å². The number of non-ortho nitro benzene ring substituents is 1. The fourth-order valence-corrected chi connectivity index (χ4v) is 10.2. The largest absolute Gasteiger partial charge is 0.489 e. The number of carbonyl (C=O) groups is 1. The molecule has 1 saturated carbocycles. The van der Waals surface area contributed by atoms with Gasteiger partial charge in [-0.25, -0.2) is 9.18 Å². The molecule has 15 nitrogen and oxygen atoms in total. The lowest BCUT2D eigenvalue weighted by Gasteiger charge is -2.59. The molecule has 2 heterocycles. The molecule has 0 unspecified atom stereocenters. The number of aliphatic hydroxyl groups excluding tert-OH is 2. The molecule has 4 aromatic carbocycles. The molecule has 2 aliphatic carbocycles. The van der Waals surface area contributed by atoms with Crippen LogP contribution in [-0.2, 0) is 34.1 Å². The van der Waals surface area contributed by atoms with Crippen LogP contribution in [0.2, 0.25) is 0 Å². The van der Waals surface area contributed by atoms with Gasteiger partial charge < -0.3 is 43.5 Å². The smallest absolute Gasteiger partial charge is 0.410 e. The second-order valence-corrected chi connectivity index (χ2v) is 17.8. The lowest BCUT2D eigenvalue weighted by Crippen LogP contribution is -2.70. The Morgan fingerprint density at radius 2 is 1.71 bits per heavy atom. The van der Waals surface area contributed by atoms with Gasteiger partial charge in [-0.05, 0) is 103 Å². The molecule has 2 aliphatic heterocycles. The third kappa shape index (κ3) is 11.0. The van der Waals surface area contributed by atoms with E-state index in [4.69, 9.17) is 50.0 Å². The zero-order valence-electron chi connectivity index (χ0n) is 38.2. The van der Waals surface area contributed by atoms with Crippen molar-refractivity contribution in [2.24, 2.45) is 22.9 Å². The van der Waals surface area contributed by atoms with E-state index in [0.29, 0.717) is 71.1 Å². The highest BCUT2D eigenvalue weighted by molar-refractivity contribution is 6.18. The highest BCUT2D eigenvalue weighted by atomic mass is 35.5. The average molecular weight is 970 g/mol. The zero-order valence-corrected chi connectivity index (χ0v) is 39.0. The van der Waals surface area contributed by atoms with Crippen LogP contribution in [0.3, 0.4) is 0 Å². The summed E-state index contributed by atoms with van der Waals surface area (Å²) in [5.74, 6) is -1.08. The molecule has 1 fully saturated rings. The van der Waals surface area contributed by atoms with Crippen LogP contribution >= 0.6 is 11.6 Å². The Balaban J connectivity index is 1.31. The Morgan fingerprint density at radius 3 is 2.46 bits per heavy atom. The highest BCUT2D eigenvalue weighted by Crippen LogP contribution is 2.62. The molecule has 8 rings (SSSR count). The summed E-state index contributed by atoms with van der Waals surface area (Å²) < 4.78 is 52.8. The predicted molar refractivity (Wildman–Crippen MR) is 254 cm³/mol. The van der Waals surface area contributed by atoms with Crippen molar-refractivity contribution in [2.75, 3.05) is 39.1 Å². The summed E-state index contributed by atoms with van der Waals surface area (Å²) >= 11 is 6.13. The van der Waals surface area contributed by atoms with Gasteiger partial charge in [-0.15, -0.1) is 18.2 Å². The fraction of sp³-hybridized carbons (Fsp3) is 0.423. The number of nitro groups is 1. The van der Waals surface area contributed by atoms with Gasteiger partial charge in [0.15, 0.2) is 11.5 Å². The van der Waals surface area contributed by atoms with Crippen molar-refractivity contribution in [3.63, 3.8) is 0 Å². The first kappa shape index (κ1) is 49.2. The molecule has 1 amide bonds. The number of halogens is 2. The third-order valence-corrected chi connectivity index (χ3v) is 13.4. The maximum Gasteiger partial charge on any atom is 0.410 e. The lowest BCUT2D eigenvalue weighted by atomic mass is 9.55. The predicted octanol–water partition coefficient (Wildman–Crippen LogP) is 9.75. The number of fused-ring (bicyclic) bond motifs is 3. The molecular formula is C52H57ClFN3O12. The van der Waals surface area contributed by atoms with E-state index in [1.165, 1.54) is 18.2 Å². The SMILES string of the molecule is C=CCO[C@@]12Oc3ccc(OCc4ccccc4F)cc3[C@H]3[C@H](CCCCO)[C@@H](CCCCO)C=C(C(=NOCc4ccc([N+](=O)[O-])cc4)C[C@@H]1N(Cc1ccc4c(c1)OCO4)C(=O)OCCCl)[C@H]32. The lowest BCUT2D eigenvalue weighted by molar-refractivity contribution is -0.384. The van der Waals surface area contributed by atoms with E-state index in [1.54, 1.807) is 53.4 Å². The molecule has 0 radical (unpaired) electrons. The number of oxime groups is 1. The summed E-state index contributed by atoms with van der Waals surface area (Å²) in [6.07, 6.45) is 7.25. The Hall–Kier alpha value is -6.20. The maximum absolute atomic E-state index is 14.9. The molecule has 0 saturated heterocycles. The summed E-state index contributed by atoms with van der Waals surface area (Å²) in [6, 6.07) is 22.5. The van der Waals surface area contributed by atoms with E-state index in [2.05, 4.69) is 12.7 Å². The summed E-state index contributed by atoms with van der Waals surface area (Å²) in [5, 5.41) is 36.3. The van der Waals surface area contributed by atoms with Gasteiger partial charge in [-0.2, -0.15) is 0 Å². The molecule has 0 bridgehead atoms. The van der Waals surface area contributed by atoms with Crippen molar-refractivity contribution >= 4 is 29.1 Å². The van der Waals surface area contributed by atoms with Gasteiger partial charge in [0.1, 0.15) is 43.2 Å². The molecule has 2 N–H and O–H groups in total. The number of allylic oxidation sites excluding steroid dienone is 1. The first-order valence-corrected chi connectivity index (χ1v) is 23.9. The number of unbranched alkanes of at least 4 members (excludes halogenated alkanes) is 2. The van der Waals surface area contributed by atoms with Crippen molar-refractivity contribution in [1.29, 1.82) is 0 Å². The molecule has 17 heteroatoms. The van der Waals surface area contributed by atoms with Crippen LogP contribution in [0.5, 0.6) is 23.0 Å². The number of aliphatic hydroxyl groups is 2. The number of hydrogen-bond donors (Lipinski definition) is 2. The van der Waals surface area contributed by atoms with E-state index in [-0.39, 0.29) is 94.5 Å². The standard InChI is InChI=1S/C52H57ClFN3O12/c1-2-24-67-52-48(56(51(60)63-25-21-53)30-35-15-19-46-47(26-35)66-33-65-46)29-44(55-68-31-34-13-16-38(17-14-34)57(61)62)41-27-36(9-5-7-22-58)40(11-6-8-23-59)49(50(41)52)42-28-39(18-20-45(42)69-52)64-32-37-10-3-4-12-43(37)54/h2-4,10,12-20,26-28,36,40,48-50,58-59H,1,5-9,11,21-25,29-33H2/t36-,40+,48-,49+,50+,52+/m0/s1. The highest BCUT2D eigenvalue weighted by Gasteiger charge is 2.65. The minimum Gasteiger partial charge on any atom is -0.489 e. The number of alkyl halides is 1. The van der Waals surface area contributed by atoms with Crippen LogP contribution in [0.15, 0.2) is 114 Å². The van der Waals surface area contributed by atoms with Crippen molar-refractivity contribution in [3.05, 3.63) is 147 Å². The normalized spacial score (nSPS) is 22.4. The van der Waals surface area contributed by atoms with Gasteiger partial charge in [-0.3, -0.25) is 15.0 Å². The zero-order chi connectivity index (χ0) is 48.3. The summed E-state index contributed by atoms with van der Waals surface area (Å²) in [4.78, 5) is 33.4. The Labute approximate surface area is 405 Å². The average Bonchev–Trinajstić information content (AvgIpc) is 3.84. The van der Waals surface area contributed by atoms with E-state index in [1.807, 2.05) is 24.3 Å². The third-order valence-electron chi connectivity index (χ3n) is 13.3. The molecule has 4 aliphatic rings. The number of ether oxygens (including phenoxy) is 6. The first-order chi connectivity index (χ1) is 33.7. The summed E-state index contributed by atoms with van der Waals surface area (Å²) in [7, 11) is 0. The summed E-state index contributed by atoms with van der Waals surface area (Å²) in [6.45, 7) is 4.04. The van der Waals surface area contributed by atoms with Gasteiger partial charge >= 0.3 is 6.09 Å². The maximum atomic E-state index is 14.9. The Bertz CT molecular complexity index is 2510. The van der Waals surface area contributed by atoms with E-state index in [9.17, 15) is 29.5 Å². The van der Waals surface area contributed by atoms with Crippen molar-refractivity contribution < 1.29 is 57.6 Å². The Morgan fingerprint density at radius 1 is 0.957 bits per heavy atom. The van der Waals surface area contributed by atoms with Gasteiger partial charge in [0.05, 0.1) is 29.0 Å². The van der Waals surface area contributed by atoms with Crippen LogP contribution in [0.4, 0.5) is 14.9 Å². The van der Waals surface area contributed by atoms with Crippen molar-refractivity contribution in [2.45, 2.75) is 82.5 Å². The number of hydrogen-bond acceptors (Lipinski definition) is 13. The van der Waals surface area contributed by atoms with Gasteiger partial charge in [0.25, 0.3) is 5.69 Å². The van der Waals surface area contributed by atoms with Crippen LogP contribution in [0.1, 0.15) is 73.1 Å². The second kappa shape index (κ2) is 22.9.